The minimum absolute atomic E-state index is 0.0128. The van der Waals surface area contributed by atoms with Crippen molar-refractivity contribution in [2.75, 3.05) is 54.2 Å². The number of ether oxygens (including phenoxy) is 4. The Morgan fingerprint density at radius 3 is 2.21 bits per heavy atom. The highest BCUT2D eigenvalue weighted by molar-refractivity contribution is 5.79. The normalized spacial score (nSPS) is 14.9. The van der Waals surface area contributed by atoms with E-state index in [0.717, 1.165) is 18.4 Å². The smallest absolute Gasteiger partial charge is 0.319 e. The maximum Gasteiger partial charge on any atom is 0.319 e. The Labute approximate surface area is 201 Å². The molecule has 1 amide bonds. The van der Waals surface area contributed by atoms with E-state index in [4.69, 9.17) is 18.9 Å². The largest absolute Gasteiger partial charge is 0.497 e. The van der Waals surface area contributed by atoms with Gasteiger partial charge in [-0.05, 0) is 36.1 Å². The van der Waals surface area contributed by atoms with Gasteiger partial charge in [-0.2, -0.15) is 0 Å². The number of nitrogens with zero attached hydrogens (tertiary/aromatic N) is 1. The first-order chi connectivity index (χ1) is 16.5. The minimum Gasteiger partial charge on any atom is -0.497 e. The van der Waals surface area contributed by atoms with Crippen LogP contribution in [0.1, 0.15) is 24.0 Å². The van der Waals surface area contributed by atoms with E-state index in [2.05, 4.69) is 17.4 Å². The highest BCUT2D eigenvalue weighted by Crippen LogP contribution is 2.34. The molecule has 3 rings (SSSR count). The molecule has 0 atom stereocenters. The average Bonchev–Trinajstić information content (AvgIpc) is 2.88. The van der Waals surface area contributed by atoms with Gasteiger partial charge in [-0.1, -0.05) is 30.3 Å². The van der Waals surface area contributed by atoms with Crippen molar-refractivity contribution >= 4 is 11.9 Å². The molecule has 2 aromatic rings. The summed E-state index contributed by atoms with van der Waals surface area (Å²) in [7, 11) is 4.50. The second-order valence-electron chi connectivity index (χ2n) is 8.48. The molecule has 0 radical (unpaired) electrons. The zero-order valence-electron chi connectivity index (χ0n) is 20.2. The molecular formula is C26H34N2O6. The zero-order valence-corrected chi connectivity index (χ0v) is 20.2. The van der Waals surface area contributed by atoms with Gasteiger partial charge in [0.25, 0.3) is 0 Å². The lowest BCUT2D eigenvalue weighted by Crippen LogP contribution is -2.47. The Hall–Kier alpha value is -3.10. The summed E-state index contributed by atoms with van der Waals surface area (Å²) >= 11 is 0. The Kier molecular flexibility index (Phi) is 9.30. The molecule has 0 saturated carbocycles. The van der Waals surface area contributed by atoms with Gasteiger partial charge in [0.1, 0.15) is 11.5 Å². The molecule has 1 N–H and O–H groups in total. The van der Waals surface area contributed by atoms with Crippen LogP contribution in [0.25, 0.3) is 0 Å². The predicted molar refractivity (Wildman–Crippen MR) is 128 cm³/mol. The number of methoxy groups -OCH3 is 3. The first-order valence-corrected chi connectivity index (χ1v) is 11.4. The SMILES string of the molecule is COC(=O)CN(CC(=O)NCC1(c2ccccc2)CCOCC1)Cc1cc(OC)cc(OC)c1. The number of carbonyl (C=O) groups is 2. The van der Waals surface area contributed by atoms with Crippen LogP contribution in [0.5, 0.6) is 11.5 Å². The summed E-state index contributed by atoms with van der Waals surface area (Å²) in [5.74, 6) is 0.718. The molecule has 0 bridgehead atoms. The van der Waals surface area contributed by atoms with Crippen LogP contribution in [-0.4, -0.2) is 71.0 Å². The second-order valence-corrected chi connectivity index (χ2v) is 8.48. The molecular weight excluding hydrogens is 436 g/mol. The number of amides is 1. The molecule has 0 aromatic heterocycles. The maximum atomic E-state index is 13.0. The van der Waals surface area contributed by atoms with E-state index >= 15 is 0 Å². The predicted octanol–water partition coefficient (Wildman–Crippen LogP) is 2.54. The van der Waals surface area contributed by atoms with E-state index in [1.807, 2.05) is 30.3 Å². The summed E-state index contributed by atoms with van der Waals surface area (Å²) in [6.45, 7) is 2.23. The fourth-order valence-corrected chi connectivity index (χ4v) is 4.28. The van der Waals surface area contributed by atoms with Gasteiger partial charge in [-0.3, -0.25) is 14.5 Å². The van der Waals surface area contributed by atoms with E-state index in [0.29, 0.717) is 37.8 Å². The van der Waals surface area contributed by atoms with E-state index in [1.54, 1.807) is 25.2 Å². The summed E-state index contributed by atoms with van der Waals surface area (Å²) in [6.07, 6.45) is 1.68. The quantitative estimate of drug-likeness (QED) is 0.505. The average molecular weight is 471 g/mol. The number of rotatable bonds is 11. The van der Waals surface area contributed by atoms with Gasteiger partial charge in [-0.25, -0.2) is 0 Å². The summed E-state index contributed by atoms with van der Waals surface area (Å²) in [4.78, 5) is 26.8. The van der Waals surface area contributed by atoms with Gasteiger partial charge in [0.05, 0.1) is 34.4 Å². The van der Waals surface area contributed by atoms with Crippen molar-refractivity contribution in [3.05, 3.63) is 59.7 Å². The molecule has 34 heavy (non-hydrogen) atoms. The van der Waals surface area contributed by atoms with Crippen LogP contribution in [0.15, 0.2) is 48.5 Å². The first-order valence-electron chi connectivity index (χ1n) is 11.4. The van der Waals surface area contributed by atoms with Crippen LogP contribution in [-0.2, 0) is 31.0 Å². The topological polar surface area (TPSA) is 86.3 Å². The van der Waals surface area contributed by atoms with Crippen molar-refractivity contribution in [2.45, 2.75) is 24.8 Å². The zero-order chi connectivity index (χ0) is 24.4. The van der Waals surface area contributed by atoms with E-state index in [-0.39, 0.29) is 24.4 Å². The Morgan fingerprint density at radius 1 is 0.971 bits per heavy atom. The van der Waals surface area contributed by atoms with Gasteiger partial charge >= 0.3 is 5.97 Å². The van der Waals surface area contributed by atoms with E-state index < -0.39 is 5.97 Å². The third kappa shape index (κ3) is 6.95. The van der Waals surface area contributed by atoms with E-state index in [9.17, 15) is 9.59 Å². The third-order valence-corrected chi connectivity index (χ3v) is 6.23. The van der Waals surface area contributed by atoms with Crippen molar-refractivity contribution in [1.82, 2.24) is 10.2 Å². The van der Waals surface area contributed by atoms with Crippen LogP contribution < -0.4 is 14.8 Å². The molecule has 1 aliphatic rings. The lowest BCUT2D eigenvalue weighted by Gasteiger charge is -2.38. The van der Waals surface area contributed by atoms with Crippen molar-refractivity contribution in [3.8, 4) is 11.5 Å². The second kappa shape index (κ2) is 12.4. The fraction of sp³-hybridized carbons (Fsp3) is 0.462. The number of hydrogen-bond acceptors (Lipinski definition) is 7. The van der Waals surface area contributed by atoms with Crippen LogP contribution in [0.4, 0.5) is 0 Å². The monoisotopic (exact) mass is 470 g/mol. The maximum absolute atomic E-state index is 13.0. The van der Waals surface area contributed by atoms with Gasteiger partial charge in [-0.15, -0.1) is 0 Å². The molecule has 1 aliphatic heterocycles. The van der Waals surface area contributed by atoms with Crippen molar-refractivity contribution in [1.29, 1.82) is 0 Å². The Morgan fingerprint density at radius 2 is 1.62 bits per heavy atom. The lowest BCUT2D eigenvalue weighted by atomic mass is 9.74. The minimum atomic E-state index is -0.409. The van der Waals surface area contributed by atoms with Crippen molar-refractivity contribution in [2.24, 2.45) is 0 Å². The van der Waals surface area contributed by atoms with Crippen LogP contribution >= 0.6 is 0 Å². The molecule has 0 spiro atoms. The van der Waals surface area contributed by atoms with Crippen LogP contribution in [0.3, 0.4) is 0 Å². The summed E-state index contributed by atoms with van der Waals surface area (Å²) in [6, 6.07) is 15.7. The van der Waals surface area contributed by atoms with Gasteiger partial charge in [0.15, 0.2) is 0 Å². The summed E-state index contributed by atoms with van der Waals surface area (Å²) < 4.78 is 21.1. The Balaban J connectivity index is 1.70. The number of carbonyl (C=O) groups excluding carboxylic acids is 2. The molecule has 0 aliphatic carbocycles. The number of esters is 1. The Bertz CT molecular complexity index is 921. The molecule has 8 heteroatoms. The molecule has 0 unspecified atom stereocenters. The number of nitrogens with one attached hydrogen (secondary N) is 1. The van der Waals surface area contributed by atoms with Crippen LogP contribution in [0.2, 0.25) is 0 Å². The van der Waals surface area contributed by atoms with Crippen LogP contribution in [0, 0.1) is 0 Å². The molecule has 1 fully saturated rings. The van der Waals surface area contributed by atoms with Gasteiger partial charge in [0, 0.05) is 37.8 Å². The summed E-state index contributed by atoms with van der Waals surface area (Å²) in [5, 5.41) is 3.11. The highest BCUT2D eigenvalue weighted by Gasteiger charge is 2.34. The number of hydrogen-bond donors (Lipinski definition) is 1. The summed E-state index contributed by atoms with van der Waals surface area (Å²) in [5.41, 5.74) is 1.90. The number of benzene rings is 2. The first kappa shape index (κ1) is 25.5. The lowest BCUT2D eigenvalue weighted by molar-refractivity contribution is -0.142. The third-order valence-electron chi connectivity index (χ3n) is 6.23. The van der Waals surface area contributed by atoms with Gasteiger partial charge in [0.2, 0.25) is 5.91 Å². The molecule has 8 nitrogen and oxygen atoms in total. The fourth-order valence-electron chi connectivity index (χ4n) is 4.28. The molecule has 2 aromatic carbocycles. The highest BCUT2D eigenvalue weighted by atomic mass is 16.5. The van der Waals surface area contributed by atoms with Crippen molar-refractivity contribution < 1.29 is 28.5 Å². The molecule has 1 heterocycles. The molecule has 1 saturated heterocycles. The van der Waals surface area contributed by atoms with Crippen molar-refractivity contribution in [3.63, 3.8) is 0 Å². The van der Waals surface area contributed by atoms with Gasteiger partial charge < -0.3 is 24.3 Å². The molecule has 184 valence electrons. The standard InChI is InChI=1S/C26H34N2O6/c1-31-22-13-20(14-23(15-22)32-2)16-28(18-25(30)33-3)17-24(29)27-19-26(9-11-34-12-10-26)21-7-5-4-6-8-21/h4-8,13-15H,9-12,16-19H2,1-3H3,(H,27,29). The van der Waals surface area contributed by atoms with E-state index in [1.165, 1.54) is 12.7 Å².